The Morgan fingerprint density at radius 1 is 0.867 bits per heavy atom. The zero-order valence-electron chi connectivity index (χ0n) is 17.2. The fraction of sp³-hybridized carbons (Fsp3) is 0.435. The Balaban J connectivity index is 1.35. The van der Waals surface area contributed by atoms with Crippen molar-refractivity contribution in [1.82, 2.24) is 9.21 Å². The van der Waals surface area contributed by atoms with Gasteiger partial charge in [0.05, 0.1) is 11.7 Å². The first-order chi connectivity index (χ1) is 14.5. The fourth-order valence-electron chi connectivity index (χ4n) is 4.35. The van der Waals surface area contributed by atoms with Crippen LogP contribution < -0.4 is 4.90 Å². The van der Waals surface area contributed by atoms with Gasteiger partial charge >= 0.3 is 0 Å². The first kappa shape index (κ1) is 20.9. The van der Waals surface area contributed by atoms with E-state index < -0.39 is 10.0 Å². The van der Waals surface area contributed by atoms with Crippen LogP contribution in [-0.2, 0) is 20.6 Å². The molecule has 2 heterocycles. The van der Waals surface area contributed by atoms with Gasteiger partial charge in [0.25, 0.3) is 0 Å². The van der Waals surface area contributed by atoms with E-state index in [-0.39, 0.29) is 17.6 Å². The Bertz CT molecular complexity index is 942. The number of hydrogen-bond donors (Lipinski definition) is 0. The van der Waals surface area contributed by atoms with Gasteiger partial charge in [-0.1, -0.05) is 48.5 Å². The van der Waals surface area contributed by atoms with Gasteiger partial charge in [0.1, 0.15) is 0 Å². The highest BCUT2D eigenvalue weighted by atomic mass is 32.2. The average Bonchev–Trinajstić information content (AvgIpc) is 2.80. The number of carbonyl (C=O) groups excluding carboxylic acids is 1. The molecule has 0 radical (unpaired) electrons. The molecule has 2 saturated heterocycles. The minimum atomic E-state index is -3.42. The van der Waals surface area contributed by atoms with Gasteiger partial charge in [-0.2, -0.15) is 0 Å². The molecule has 0 N–H and O–H groups in total. The third-order valence-corrected chi connectivity index (χ3v) is 7.85. The van der Waals surface area contributed by atoms with Gasteiger partial charge in [0.2, 0.25) is 15.9 Å². The van der Waals surface area contributed by atoms with Crippen molar-refractivity contribution in [1.29, 1.82) is 0 Å². The zero-order chi connectivity index (χ0) is 21.0. The standard InChI is InChI=1S/C23H29N3O3S/c27-23(25-16-14-24(15-17-25)22-11-5-2-6-12-22)21-10-7-13-26(18-21)30(28,29)19-20-8-3-1-4-9-20/h1-6,8-9,11-12,21H,7,10,13-19H2/t21-/m0/s1. The lowest BCUT2D eigenvalue weighted by molar-refractivity contribution is -0.137. The number of anilines is 1. The number of piperazine rings is 1. The van der Waals surface area contributed by atoms with Crippen LogP contribution in [0.2, 0.25) is 0 Å². The van der Waals surface area contributed by atoms with Crippen LogP contribution in [0.3, 0.4) is 0 Å². The summed E-state index contributed by atoms with van der Waals surface area (Å²) in [5, 5.41) is 0. The number of hydrogen-bond acceptors (Lipinski definition) is 4. The summed E-state index contributed by atoms with van der Waals surface area (Å²) < 4.78 is 27.3. The van der Waals surface area contributed by atoms with Crippen molar-refractivity contribution in [3.05, 3.63) is 66.2 Å². The van der Waals surface area contributed by atoms with Gasteiger partial charge in [-0.25, -0.2) is 12.7 Å². The maximum atomic E-state index is 13.1. The molecule has 0 bridgehead atoms. The van der Waals surface area contributed by atoms with E-state index in [1.54, 1.807) is 0 Å². The molecule has 0 aliphatic carbocycles. The Labute approximate surface area is 179 Å². The highest BCUT2D eigenvalue weighted by molar-refractivity contribution is 7.88. The number of para-hydroxylation sites is 1. The maximum Gasteiger partial charge on any atom is 0.227 e. The van der Waals surface area contributed by atoms with E-state index in [1.807, 2.05) is 53.4 Å². The molecule has 0 spiro atoms. The number of nitrogens with zero attached hydrogens (tertiary/aromatic N) is 3. The minimum Gasteiger partial charge on any atom is -0.368 e. The third-order valence-electron chi connectivity index (χ3n) is 6.03. The number of rotatable bonds is 5. The quantitative estimate of drug-likeness (QED) is 0.736. The fourth-order valence-corrected chi connectivity index (χ4v) is 5.97. The monoisotopic (exact) mass is 427 g/mol. The smallest absolute Gasteiger partial charge is 0.227 e. The summed E-state index contributed by atoms with van der Waals surface area (Å²) in [6.45, 7) is 3.77. The van der Waals surface area contributed by atoms with Crippen molar-refractivity contribution < 1.29 is 13.2 Å². The summed E-state index contributed by atoms with van der Waals surface area (Å²) in [7, 11) is -3.42. The molecule has 1 atom stereocenters. The summed E-state index contributed by atoms with van der Waals surface area (Å²) in [6, 6.07) is 19.5. The molecule has 0 aromatic heterocycles. The van der Waals surface area contributed by atoms with Gasteiger partial charge in [-0.05, 0) is 30.5 Å². The van der Waals surface area contributed by atoms with Crippen molar-refractivity contribution in [3.8, 4) is 0 Å². The molecule has 0 saturated carbocycles. The van der Waals surface area contributed by atoms with Gasteiger partial charge in [-0.3, -0.25) is 4.79 Å². The van der Waals surface area contributed by atoms with Crippen LogP contribution in [0.15, 0.2) is 60.7 Å². The van der Waals surface area contributed by atoms with Gasteiger partial charge in [0.15, 0.2) is 0 Å². The maximum absolute atomic E-state index is 13.1. The lowest BCUT2D eigenvalue weighted by atomic mass is 9.97. The van der Waals surface area contributed by atoms with E-state index >= 15 is 0 Å². The second kappa shape index (κ2) is 9.18. The molecule has 2 aliphatic rings. The highest BCUT2D eigenvalue weighted by Gasteiger charge is 2.35. The minimum absolute atomic E-state index is 0.00942. The topological polar surface area (TPSA) is 60.9 Å². The van der Waals surface area contributed by atoms with Crippen LogP contribution >= 0.6 is 0 Å². The number of amides is 1. The number of carbonyl (C=O) groups is 1. The van der Waals surface area contributed by atoms with Crippen LogP contribution in [0.25, 0.3) is 0 Å². The molecule has 0 unspecified atom stereocenters. The third kappa shape index (κ3) is 4.84. The molecule has 2 fully saturated rings. The Kier molecular flexibility index (Phi) is 6.39. The summed E-state index contributed by atoms with van der Waals surface area (Å²) in [5.74, 6) is -0.153. The average molecular weight is 428 g/mol. The van der Waals surface area contributed by atoms with E-state index in [2.05, 4.69) is 17.0 Å². The summed E-state index contributed by atoms with van der Waals surface area (Å²) >= 11 is 0. The molecule has 2 aliphatic heterocycles. The van der Waals surface area contributed by atoms with Gasteiger partial charge in [-0.15, -0.1) is 0 Å². The van der Waals surface area contributed by atoms with Crippen molar-refractivity contribution in [2.24, 2.45) is 5.92 Å². The highest BCUT2D eigenvalue weighted by Crippen LogP contribution is 2.24. The Hall–Kier alpha value is -2.38. The van der Waals surface area contributed by atoms with Crippen LogP contribution in [-0.4, -0.2) is 62.8 Å². The Morgan fingerprint density at radius 2 is 1.50 bits per heavy atom. The lowest BCUT2D eigenvalue weighted by Crippen LogP contribution is -2.53. The van der Waals surface area contributed by atoms with E-state index in [0.29, 0.717) is 26.2 Å². The van der Waals surface area contributed by atoms with E-state index in [0.717, 1.165) is 31.5 Å². The van der Waals surface area contributed by atoms with Crippen LogP contribution in [0.1, 0.15) is 18.4 Å². The largest absolute Gasteiger partial charge is 0.368 e. The van der Waals surface area contributed by atoms with Crippen molar-refractivity contribution in [2.45, 2.75) is 18.6 Å². The molecule has 160 valence electrons. The first-order valence-electron chi connectivity index (χ1n) is 10.6. The summed E-state index contributed by atoms with van der Waals surface area (Å²) in [4.78, 5) is 17.3. The van der Waals surface area contributed by atoms with Crippen LogP contribution in [0.5, 0.6) is 0 Å². The second-order valence-corrected chi connectivity index (χ2v) is 10.1. The van der Waals surface area contributed by atoms with Crippen molar-refractivity contribution >= 4 is 21.6 Å². The van der Waals surface area contributed by atoms with Crippen molar-refractivity contribution in [3.63, 3.8) is 0 Å². The van der Waals surface area contributed by atoms with Crippen LogP contribution in [0.4, 0.5) is 5.69 Å². The van der Waals surface area contributed by atoms with Crippen LogP contribution in [0, 0.1) is 5.92 Å². The predicted octanol–water partition coefficient (Wildman–Crippen LogP) is 2.58. The normalized spacial score (nSPS) is 20.9. The molecule has 30 heavy (non-hydrogen) atoms. The van der Waals surface area contributed by atoms with E-state index in [9.17, 15) is 13.2 Å². The Morgan fingerprint density at radius 3 is 2.17 bits per heavy atom. The molecular formula is C23H29N3O3S. The predicted molar refractivity (Wildman–Crippen MR) is 119 cm³/mol. The molecule has 4 rings (SSSR count). The van der Waals surface area contributed by atoms with E-state index in [1.165, 1.54) is 9.99 Å². The van der Waals surface area contributed by atoms with Gasteiger partial charge < -0.3 is 9.80 Å². The van der Waals surface area contributed by atoms with Crippen molar-refractivity contribution in [2.75, 3.05) is 44.2 Å². The van der Waals surface area contributed by atoms with Gasteiger partial charge in [0, 0.05) is 45.0 Å². The molecule has 2 aromatic carbocycles. The number of piperidine rings is 1. The molecule has 6 nitrogen and oxygen atoms in total. The number of sulfonamides is 1. The molecule has 2 aromatic rings. The molecule has 1 amide bonds. The molecule has 7 heteroatoms. The number of benzene rings is 2. The SMILES string of the molecule is O=C([C@H]1CCCN(S(=O)(=O)Cc2ccccc2)C1)N1CCN(c2ccccc2)CC1. The van der Waals surface area contributed by atoms with E-state index in [4.69, 9.17) is 0 Å². The molecular weight excluding hydrogens is 398 g/mol. The first-order valence-corrected chi connectivity index (χ1v) is 12.2. The summed E-state index contributed by atoms with van der Waals surface area (Å²) in [6.07, 6.45) is 1.49. The summed E-state index contributed by atoms with van der Waals surface area (Å²) in [5.41, 5.74) is 1.96. The lowest BCUT2D eigenvalue weighted by Gasteiger charge is -2.39. The second-order valence-electron chi connectivity index (χ2n) is 8.09. The zero-order valence-corrected chi connectivity index (χ0v) is 18.0.